The Hall–Kier alpha value is -0.926. The maximum absolute atomic E-state index is 7.57. The van der Waals surface area contributed by atoms with Crippen LogP contribution in [0.25, 0.3) is 0 Å². The summed E-state index contributed by atoms with van der Waals surface area (Å²) in [4.78, 5) is 0. The monoisotopic (exact) mass is 406 g/mol. The van der Waals surface area contributed by atoms with Gasteiger partial charge in [-0.3, -0.25) is 0 Å². The molecule has 0 saturated carbocycles. The molecule has 0 unspecified atom stereocenters. The van der Waals surface area contributed by atoms with Crippen LogP contribution in [0.2, 0.25) is 0 Å². The number of aliphatic hydroxyl groups excluding tert-OH is 2. The quantitative estimate of drug-likeness (QED) is 0.504. The summed E-state index contributed by atoms with van der Waals surface area (Å²) in [5, 5.41) is 15.1. The van der Waals surface area contributed by atoms with Crippen molar-refractivity contribution < 1.29 is 31.9 Å². The standard InChI is InChI=1S/2C10H13.2C2H6O.Ti/c2*1-10(2,3)9-7-5-4-6-8-9;2*1-2-3;/h2*4-8H,1H2,2-3H3;2*3H,2H2,1H3;/q2*-1;;;+2. The summed E-state index contributed by atoms with van der Waals surface area (Å²) in [5.74, 6) is 0. The van der Waals surface area contributed by atoms with Crippen LogP contribution in [0.1, 0.15) is 52.7 Å². The molecule has 0 saturated heterocycles. The molecule has 0 aliphatic rings. The van der Waals surface area contributed by atoms with Gasteiger partial charge in [-0.05, 0) is 13.8 Å². The topological polar surface area (TPSA) is 40.5 Å². The SMILES string of the molecule is CCO.CCO.[CH2-]C(C)(C)c1ccccc1.[CH2-]C(C)(C)c1ccccc1.[Ti+2]. The zero-order valence-electron chi connectivity index (χ0n) is 18.0. The third-order valence-electron chi connectivity index (χ3n) is 3.11. The second-order valence-electron chi connectivity index (χ2n) is 7.13. The van der Waals surface area contributed by atoms with E-state index in [-0.39, 0.29) is 45.8 Å². The molecule has 0 bridgehead atoms. The van der Waals surface area contributed by atoms with Crippen LogP contribution in [0, 0.1) is 13.8 Å². The van der Waals surface area contributed by atoms with Crippen molar-refractivity contribution in [3.8, 4) is 0 Å². The Balaban J connectivity index is -0.000000322. The zero-order valence-corrected chi connectivity index (χ0v) is 19.6. The third kappa shape index (κ3) is 18.2. The van der Waals surface area contributed by atoms with Crippen LogP contribution in [-0.4, -0.2) is 23.4 Å². The normalized spacial score (nSPS) is 9.85. The number of benzene rings is 2. The summed E-state index contributed by atoms with van der Waals surface area (Å²) < 4.78 is 0. The van der Waals surface area contributed by atoms with Gasteiger partial charge in [-0.15, -0.1) is 10.8 Å². The molecule has 0 spiro atoms. The Kier molecular flexibility index (Phi) is 19.6. The van der Waals surface area contributed by atoms with Crippen molar-refractivity contribution in [3.63, 3.8) is 0 Å². The van der Waals surface area contributed by atoms with Crippen LogP contribution in [0.5, 0.6) is 0 Å². The molecule has 2 aromatic rings. The van der Waals surface area contributed by atoms with Gasteiger partial charge in [0.25, 0.3) is 0 Å². The van der Waals surface area contributed by atoms with Crippen LogP contribution in [0.4, 0.5) is 0 Å². The fourth-order valence-electron chi connectivity index (χ4n) is 1.78. The van der Waals surface area contributed by atoms with E-state index in [0.717, 1.165) is 0 Å². The summed E-state index contributed by atoms with van der Waals surface area (Å²) >= 11 is 0. The van der Waals surface area contributed by atoms with E-state index in [1.807, 2.05) is 36.4 Å². The van der Waals surface area contributed by atoms with Crippen molar-refractivity contribution >= 4 is 0 Å². The van der Waals surface area contributed by atoms with Gasteiger partial charge in [0.2, 0.25) is 0 Å². The van der Waals surface area contributed by atoms with E-state index in [9.17, 15) is 0 Å². The predicted octanol–water partition coefficient (Wildman–Crippen LogP) is 5.59. The molecule has 2 nitrogen and oxygen atoms in total. The van der Waals surface area contributed by atoms with Crippen molar-refractivity contribution in [2.45, 2.75) is 52.4 Å². The molecule has 0 heterocycles. The molecule has 0 radical (unpaired) electrons. The van der Waals surface area contributed by atoms with Gasteiger partial charge in [0.15, 0.2) is 0 Å². The van der Waals surface area contributed by atoms with E-state index in [4.69, 9.17) is 10.2 Å². The van der Waals surface area contributed by atoms with Crippen molar-refractivity contribution in [3.05, 3.63) is 85.6 Å². The maximum atomic E-state index is 7.57. The second-order valence-corrected chi connectivity index (χ2v) is 7.13. The number of aliphatic hydroxyl groups is 2. The second kappa shape index (κ2) is 17.2. The van der Waals surface area contributed by atoms with Crippen molar-refractivity contribution in [2.75, 3.05) is 13.2 Å². The molecule has 0 fully saturated rings. The molecular weight excluding hydrogens is 368 g/mol. The van der Waals surface area contributed by atoms with Gasteiger partial charge in [-0.1, -0.05) is 99.5 Å². The smallest absolute Gasteiger partial charge is 0.397 e. The van der Waals surface area contributed by atoms with Crippen LogP contribution in [0.3, 0.4) is 0 Å². The summed E-state index contributed by atoms with van der Waals surface area (Å²) in [6.45, 7) is 20.4. The van der Waals surface area contributed by atoms with Crippen molar-refractivity contribution in [1.82, 2.24) is 0 Å². The van der Waals surface area contributed by atoms with Gasteiger partial charge >= 0.3 is 21.7 Å². The minimum atomic E-state index is 0. The first-order valence-electron chi connectivity index (χ1n) is 9.08. The predicted molar refractivity (Wildman–Crippen MR) is 115 cm³/mol. The first-order chi connectivity index (χ1) is 12.0. The Labute approximate surface area is 182 Å². The fraction of sp³-hybridized carbons (Fsp3) is 0.417. The van der Waals surface area contributed by atoms with E-state index in [1.165, 1.54) is 11.1 Å². The average Bonchev–Trinajstić information content (AvgIpc) is 2.57. The molecule has 150 valence electrons. The number of rotatable bonds is 2. The van der Waals surface area contributed by atoms with Crippen molar-refractivity contribution in [2.24, 2.45) is 0 Å². The summed E-state index contributed by atoms with van der Waals surface area (Å²) in [5.41, 5.74) is 2.66. The van der Waals surface area contributed by atoms with Gasteiger partial charge in [0.1, 0.15) is 0 Å². The minimum Gasteiger partial charge on any atom is -0.397 e. The Morgan fingerprint density at radius 3 is 0.926 bits per heavy atom. The molecule has 2 aromatic carbocycles. The van der Waals surface area contributed by atoms with Gasteiger partial charge in [0.05, 0.1) is 0 Å². The summed E-state index contributed by atoms with van der Waals surface area (Å²) in [6, 6.07) is 20.6. The minimum absolute atomic E-state index is 0. The van der Waals surface area contributed by atoms with Gasteiger partial charge in [0, 0.05) is 13.2 Å². The molecule has 0 aromatic heterocycles. The Morgan fingerprint density at radius 1 is 0.630 bits per heavy atom. The largest absolute Gasteiger partial charge is 2.00 e. The fourth-order valence-corrected chi connectivity index (χ4v) is 1.78. The maximum Gasteiger partial charge on any atom is 2.00 e. The zero-order chi connectivity index (χ0) is 20.6. The summed E-state index contributed by atoms with van der Waals surface area (Å²) in [6.07, 6.45) is 0. The molecule has 2 rings (SSSR count). The van der Waals surface area contributed by atoms with E-state index >= 15 is 0 Å². The Bertz CT molecular complexity index is 474. The molecule has 27 heavy (non-hydrogen) atoms. The van der Waals surface area contributed by atoms with Crippen LogP contribution in [0.15, 0.2) is 60.7 Å². The molecule has 3 heteroatoms. The molecule has 0 aliphatic heterocycles. The average molecular weight is 406 g/mol. The molecule has 0 atom stereocenters. The number of hydrogen-bond donors (Lipinski definition) is 2. The van der Waals surface area contributed by atoms with Gasteiger partial charge < -0.3 is 24.1 Å². The van der Waals surface area contributed by atoms with E-state index in [2.05, 4.69) is 65.8 Å². The van der Waals surface area contributed by atoms with Gasteiger partial charge in [-0.25, -0.2) is 0 Å². The molecule has 0 amide bonds. The third-order valence-corrected chi connectivity index (χ3v) is 3.11. The van der Waals surface area contributed by atoms with Crippen LogP contribution in [-0.2, 0) is 32.5 Å². The summed E-state index contributed by atoms with van der Waals surface area (Å²) in [7, 11) is 0. The van der Waals surface area contributed by atoms with E-state index in [1.54, 1.807) is 13.8 Å². The van der Waals surface area contributed by atoms with Crippen LogP contribution < -0.4 is 0 Å². The first-order valence-corrected chi connectivity index (χ1v) is 9.08. The molecule has 0 aliphatic carbocycles. The van der Waals surface area contributed by atoms with Gasteiger partial charge in [-0.2, -0.15) is 0 Å². The number of hydrogen-bond acceptors (Lipinski definition) is 2. The van der Waals surface area contributed by atoms with Crippen molar-refractivity contribution in [1.29, 1.82) is 0 Å². The molecule has 2 N–H and O–H groups in total. The Morgan fingerprint density at radius 2 is 0.815 bits per heavy atom. The first kappa shape index (κ1) is 30.8. The van der Waals surface area contributed by atoms with E-state index in [0.29, 0.717) is 0 Å². The van der Waals surface area contributed by atoms with E-state index < -0.39 is 0 Å². The van der Waals surface area contributed by atoms with Crippen LogP contribution >= 0.6 is 0 Å². The molecular formula is C24H38O2Ti.